The summed E-state index contributed by atoms with van der Waals surface area (Å²) < 4.78 is 0. The van der Waals surface area contributed by atoms with E-state index in [0.717, 1.165) is 11.1 Å². The van der Waals surface area contributed by atoms with E-state index < -0.39 is 12.0 Å². The van der Waals surface area contributed by atoms with Gasteiger partial charge < -0.3 is 15.5 Å². The predicted octanol–water partition coefficient (Wildman–Crippen LogP) is 2.49. The third-order valence-electron chi connectivity index (χ3n) is 3.35. The van der Waals surface area contributed by atoms with Gasteiger partial charge in [0, 0.05) is 6.54 Å². The summed E-state index contributed by atoms with van der Waals surface area (Å²) in [5.74, 6) is -0.701. The molecular weight excluding hydrogens is 266 g/mol. The number of benzene rings is 2. The Bertz CT molecular complexity index is 590. The molecule has 0 bridgehead atoms. The molecule has 21 heavy (non-hydrogen) atoms. The molecule has 2 aromatic rings. The summed E-state index contributed by atoms with van der Waals surface area (Å²) in [7, 11) is 0. The monoisotopic (exact) mass is 285 g/mol. The summed E-state index contributed by atoms with van der Waals surface area (Å²) in [5, 5.41) is 21.6. The number of rotatable bonds is 6. The van der Waals surface area contributed by atoms with Gasteiger partial charge in [-0.05, 0) is 36.6 Å². The number of aromatic hydroxyl groups is 1. The van der Waals surface area contributed by atoms with Crippen LogP contribution in [0.4, 0.5) is 0 Å². The van der Waals surface area contributed by atoms with E-state index in [1.165, 1.54) is 5.56 Å². The Morgan fingerprint density at radius 3 is 2.19 bits per heavy atom. The number of hydrogen-bond acceptors (Lipinski definition) is 3. The molecule has 4 nitrogen and oxygen atoms in total. The van der Waals surface area contributed by atoms with E-state index in [9.17, 15) is 15.0 Å². The van der Waals surface area contributed by atoms with E-state index in [1.807, 2.05) is 31.2 Å². The zero-order valence-electron chi connectivity index (χ0n) is 11.9. The third-order valence-corrected chi connectivity index (χ3v) is 3.35. The number of carboxylic acid groups (broad SMARTS) is 1. The Labute approximate surface area is 124 Å². The molecule has 0 aromatic heterocycles. The second-order valence-electron chi connectivity index (χ2n) is 5.13. The highest BCUT2D eigenvalue weighted by molar-refractivity contribution is 5.73. The number of hydrogen-bond donors (Lipinski definition) is 3. The van der Waals surface area contributed by atoms with Gasteiger partial charge in [-0.15, -0.1) is 0 Å². The molecule has 0 heterocycles. The summed E-state index contributed by atoms with van der Waals surface area (Å²) in [5.41, 5.74) is 3.10. The quantitative estimate of drug-likeness (QED) is 0.762. The normalized spacial score (nSPS) is 12.0. The van der Waals surface area contributed by atoms with Crippen LogP contribution in [0.5, 0.6) is 5.75 Å². The van der Waals surface area contributed by atoms with Crippen molar-refractivity contribution in [2.45, 2.75) is 25.9 Å². The summed E-state index contributed by atoms with van der Waals surface area (Å²) in [6.07, 6.45) is 0.376. The van der Waals surface area contributed by atoms with Gasteiger partial charge in [0.1, 0.15) is 11.8 Å². The number of carboxylic acids is 1. The first-order valence-corrected chi connectivity index (χ1v) is 6.84. The minimum Gasteiger partial charge on any atom is -0.508 e. The number of aliphatic carboxylic acids is 1. The van der Waals surface area contributed by atoms with Crippen molar-refractivity contribution in [1.82, 2.24) is 5.32 Å². The van der Waals surface area contributed by atoms with Crippen molar-refractivity contribution >= 4 is 5.97 Å². The van der Waals surface area contributed by atoms with Gasteiger partial charge in [-0.25, -0.2) is 0 Å². The Balaban J connectivity index is 1.97. The average molecular weight is 285 g/mol. The van der Waals surface area contributed by atoms with Crippen LogP contribution >= 0.6 is 0 Å². The molecule has 1 atom stereocenters. The highest BCUT2D eigenvalue weighted by Crippen LogP contribution is 2.12. The Morgan fingerprint density at radius 2 is 1.62 bits per heavy atom. The van der Waals surface area contributed by atoms with Crippen molar-refractivity contribution in [2.75, 3.05) is 0 Å². The van der Waals surface area contributed by atoms with Crippen LogP contribution in [-0.4, -0.2) is 22.2 Å². The molecule has 0 aliphatic heterocycles. The van der Waals surface area contributed by atoms with Crippen LogP contribution in [0.2, 0.25) is 0 Å². The molecule has 3 N–H and O–H groups in total. The van der Waals surface area contributed by atoms with Gasteiger partial charge in [0.05, 0.1) is 0 Å². The Hall–Kier alpha value is -2.33. The van der Waals surface area contributed by atoms with Gasteiger partial charge in [-0.2, -0.15) is 0 Å². The van der Waals surface area contributed by atoms with Gasteiger partial charge in [-0.3, -0.25) is 4.79 Å². The van der Waals surface area contributed by atoms with Crippen LogP contribution in [0, 0.1) is 6.92 Å². The maximum Gasteiger partial charge on any atom is 0.321 e. The fourth-order valence-electron chi connectivity index (χ4n) is 2.06. The van der Waals surface area contributed by atoms with Crippen molar-refractivity contribution in [3.05, 3.63) is 65.2 Å². The summed E-state index contributed by atoms with van der Waals surface area (Å²) in [6, 6.07) is 13.9. The van der Waals surface area contributed by atoms with Gasteiger partial charge in [0.25, 0.3) is 0 Å². The lowest BCUT2D eigenvalue weighted by atomic mass is 10.1. The van der Waals surface area contributed by atoms with Crippen LogP contribution in [0.1, 0.15) is 16.7 Å². The fraction of sp³-hybridized carbons (Fsp3) is 0.235. The molecule has 0 saturated carbocycles. The molecule has 0 saturated heterocycles. The standard InChI is InChI=1S/C17H19NO3/c1-12-2-4-14(5-3-12)11-18-16(17(20)21)10-13-6-8-15(19)9-7-13/h2-9,16,18-19H,10-11H2,1H3,(H,20,21). The fourth-order valence-corrected chi connectivity index (χ4v) is 2.06. The number of phenols is 1. The molecular formula is C17H19NO3. The van der Waals surface area contributed by atoms with Crippen molar-refractivity contribution in [2.24, 2.45) is 0 Å². The summed E-state index contributed by atoms with van der Waals surface area (Å²) in [4.78, 5) is 11.3. The zero-order chi connectivity index (χ0) is 15.2. The lowest BCUT2D eigenvalue weighted by Crippen LogP contribution is -2.38. The molecule has 2 rings (SSSR count). The van der Waals surface area contributed by atoms with Crippen molar-refractivity contribution < 1.29 is 15.0 Å². The first-order chi connectivity index (χ1) is 10.0. The molecule has 4 heteroatoms. The van der Waals surface area contributed by atoms with Crippen LogP contribution in [0.15, 0.2) is 48.5 Å². The van der Waals surface area contributed by atoms with E-state index in [1.54, 1.807) is 24.3 Å². The molecule has 0 fully saturated rings. The van der Waals surface area contributed by atoms with E-state index in [0.29, 0.717) is 13.0 Å². The maximum absolute atomic E-state index is 11.3. The van der Waals surface area contributed by atoms with Gasteiger partial charge in [-0.1, -0.05) is 42.0 Å². The van der Waals surface area contributed by atoms with Gasteiger partial charge in [0.15, 0.2) is 0 Å². The lowest BCUT2D eigenvalue weighted by Gasteiger charge is -2.15. The Kier molecular flexibility index (Phi) is 4.95. The lowest BCUT2D eigenvalue weighted by molar-refractivity contribution is -0.139. The van der Waals surface area contributed by atoms with Crippen molar-refractivity contribution in [3.63, 3.8) is 0 Å². The van der Waals surface area contributed by atoms with E-state index >= 15 is 0 Å². The SMILES string of the molecule is Cc1ccc(CNC(Cc2ccc(O)cc2)C(=O)O)cc1. The smallest absolute Gasteiger partial charge is 0.321 e. The maximum atomic E-state index is 11.3. The number of nitrogens with one attached hydrogen (secondary N) is 1. The molecule has 110 valence electrons. The molecule has 1 unspecified atom stereocenters. The molecule has 0 amide bonds. The Morgan fingerprint density at radius 1 is 1.05 bits per heavy atom. The van der Waals surface area contributed by atoms with Gasteiger partial charge in [0.2, 0.25) is 0 Å². The van der Waals surface area contributed by atoms with Crippen LogP contribution in [0.3, 0.4) is 0 Å². The second kappa shape index (κ2) is 6.90. The summed E-state index contributed by atoms with van der Waals surface area (Å²) in [6.45, 7) is 2.53. The number of phenolic OH excluding ortho intramolecular Hbond substituents is 1. The first kappa shape index (κ1) is 15.1. The van der Waals surface area contributed by atoms with Crippen LogP contribution in [0.25, 0.3) is 0 Å². The summed E-state index contributed by atoms with van der Waals surface area (Å²) >= 11 is 0. The van der Waals surface area contributed by atoms with Crippen LogP contribution in [-0.2, 0) is 17.8 Å². The highest BCUT2D eigenvalue weighted by atomic mass is 16.4. The number of carbonyl (C=O) groups is 1. The third kappa shape index (κ3) is 4.61. The minimum absolute atomic E-state index is 0.179. The molecule has 0 aliphatic rings. The average Bonchev–Trinajstić information content (AvgIpc) is 2.47. The number of aryl methyl sites for hydroxylation is 1. The van der Waals surface area contributed by atoms with Crippen molar-refractivity contribution in [1.29, 1.82) is 0 Å². The van der Waals surface area contributed by atoms with Crippen molar-refractivity contribution in [3.8, 4) is 5.75 Å². The minimum atomic E-state index is -0.879. The topological polar surface area (TPSA) is 69.6 Å². The molecule has 0 spiro atoms. The predicted molar refractivity (Wildman–Crippen MR) is 81.3 cm³/mol. The van der Waals surface area contributed by atoms with E-state index in [2.05, 4.69) is 5.32 Å². The second-order valence-corrected chi connectivity index (χ2v) is 5.13. The van der Waals surface area contributed by atoms with Gasteiger partial charge >= 0.3 is 5.97 Å². The first-order valence-electron chi connectivity index (χ1n) is 6.84. The molecule has 0 aliphatic carbocycles. The molecule has 0 radical (unpaired) electrons. The van der Waals surface area contributed by atoms with Crippen LogP contribution < -0.4 is 5.32 Å². The largest absolute Gasteiger partial charge is 0.508 e. The zero-order valence-corrected chi connectivity index (χ0v) is 11.9. The van der Waals surface area contributed by atoms with E-state index in [4.69, 9.17) is 0 Å². The highest BCUT2D eigenvalue weighted by Gasteiger charge is 2.17. The molecule has 2 aromatic carbocycles. The van der Waals surface area contributed by atoms with E-state index in [-0.39, 0.29) is 5.75 Å².